The SMILES string of the molecule is CCCC1C(O)Oc2c(OC)cccc2C1C[N+](=O)[O-]. The van der Waals surface area contributed by atoms with Crippen molar-refractivity contribution in [2.24, 2.45) is 5.92 Å². The van der Waals surface area contributed by atoms with E-state index < -0.39 is 6.29 Å². The predicted molar refractivity (Wildman–Crippen MR) is 72.6 cm³/mol. The lowest BCUT2D eigenvalue weighted by Gasteiger charge is -2.35. The topological polar surface area (TPSA) is 81.8 Å². The van der Waals surface area contributed by atoms with Crippen LogP contribution in [0.2, 0.25) is 0 Å². The first-order valence-corrected chi connectivity index (χ1v) is 6.71. The van der Waals surface area contributed by atoms with E-state index in [1.54, 1.807) is 18.2 Å². The van der Waals surface area contributed by atoms with Gasteiger partial charge in [0.05, 0.1) is 13.0 Å². The van der Waals surface area contributed by atoms with Gasteiger partial charge in [-0.1, -0.05) is 25.5 Å². The van der Waals surface area contributed by atoms with E-state index in [-0.39, 0.29) is 23.3 Å². The standard InChI is InChI=1S/C14H19NO5/c1-3-5-10-11(8-15(17)18)9-6-4-7-12(19-2)13(9)20-14(10)16/h4,6-7,10-11,14,16H,3,5,8H2,1-2H3. The molecule has 0 aliphatic carbocycles. The van der Waals surface area contributed by atoms with Crippen LogP contribution in [0, 0.1) is 16.0 Å². The van der Waals surface area contributed by atoms with Gasteiger partial charge in [0.2, 0.25) is 12.8 Å². The van der Waals surface area contributed by atoms with Gasteiger partial charge in [0.1, 0.15) is 0 Å². The molecule has 3 unspecified atom stereocenters. The van der Waals surface area contributed by atoms with Crippen LogP contribution in [0.4, 0.5) is 0 Å². The maximum Gasteiger partial charge on any atom is 0.211 e. The van der Waals surface area contributed by atoms with Gasteiger partial charge in [-0.05, 0) is 12.5 Å². The zero-order valence-electron chi connectivity index (χ0n) is 11.6. The first-order chi connectivity index (χ1) is 9.58. The molecule has 0 radical (unpaired) electrons. The fraction of sp³-hybridized carbons (Fsp3) is 0.571. The molecule has 1 aromatic carbocycles. The van der Waals surface area contributed by atoms with Crippen LogP contribution in [0.1, 0.15) is 31.2 Å². The third-order valence-corrected chi connectivity index (χ3v) is 3.72. The highest BCUT2D eigenvalue weighted by Gasteiger charge is 2.40. The molecule has 1 aliphatic rings. The molecule has 0 saturated heterocycles. The first-order valence-electron chi connectivity index (χ1n) is 6.71. The number of ether oxygens (including phenoxy) is 2. The number of aliphatic hydroxyl groups is 1. The van der Waals surface area contributed by atoms with Crippen LogP contribution in [-0.4, -0.2) is 30.0 Å². The Morgan fingerprint density at radius 2 is 2.25 bits per heavy atom. The molecule has 0 saturated carbocycles. The maximum absolute atomic E-state index is 10.9. The Bertz CT molecular complexity index is 490. The molecule has 0 bridgehead atoms. The van der Waals surface area contributed by atoms with Crippen molar-refractivity contribution < 1.29 is 19.5 Å². The largest absolute Gasteiger partial charge is 0.493 e. The summed E-state index contributed by atoms with van der Waals surface area (Å²) in [6.07, 6.45) is 0.471. The van der Waals surface area contributed by atoms with E-state index in [0.29, 0.717) is 17.9 Å². The summed E-state index contributed by atoms with van der Waals surface area (Å²) in [5, 5.41) is 21.1. The van der Waals surface area contributed by atoms with Crippen molar-refractivity contribution in [1.82, 2.24) is 0 Å². The van der Waals surface area contributed by atoms with E-state index in [9.17, 15) is 15.2 Å². The molecule has 6 nitrogen and oxygen atoms in total. The van der Waals surface area contributed by atoms with E-state index in [2.05, 4.69) is 0 Å². The normalized spacial score (nSPS) is 24.6. The van der Waals surface area contributed by atoms with Gasteiger partial charge in [0, 0.05) is 16.4 Å². The predicted octanol–water partition coefficient (Wildman–Crippen LogP) is 2.18. The summed E-state index contributed by atoms with van der Waals surface area (Å²) in [5.74, 6) is 0.273. The molecule has 6 heteroatoms. The minimum absolute atomic E-state index is 0.217. The maximum atomic E-state index is 10.9. The Morgan fingerprint density at radius 3 is 2.85 bits per heavy atom. The highest BCUT2D eigenvalue weighted by molar-refractivity contribution is 5.49. The summed E-state index contributed by atoms with van der Waals surface area (Å²) in [4.78, 5) is 10.6. The molecule has 110 valence electrons. The van der Waals surface area contributed by atoms with Gasteiger partial charge in [-0.15, -0.1) is 0 Å². The number of nitro groups is 1. The molecule has 3 atom stereocenters. The van der Waals surface area contributed by atoms with E-state index in [1.165, 1.54) is 7.11 Å². The zero-order valence-corrected chi connectivity index (χ0v) is 11.6. The summed E-state index contributed by atoms with van der Waals surface area (Å²) in [6.45, 7) is 1.77. The van der Waals surface area contributed by atoms with Crippen molar-refractivity contribution in [3.8, 4) is 11.5 Å². The molecule has 20 heavy (non-hydrogen) atoms. The molecule has 0 aromatic heterocycles. The van der Waals surface area contributed by atoms with Crippen molar-refractivity contribution >= 4 is 0 Å². The van der Waals surface area contributed by atoms with Crippen LogP contribution in [0.25, 0.3) is 0 Å². The highest BCUT2D eigenvalue weighted by atomic mass is 16.6. The van der Waals surface area contributed by atoms with Gasteiger partial charge in [-0.3, -0.25) is 10.1 Å². The van der Waals surface area contributed by atoms with Crippen LogP contribution in [0.3, 0.4) is 0 Å². The van der Waals surface area contributed by atoms with Gasteiger partial charge in [0.25, 0.3) is 0 Å². The summed E-state index contributed by atoms with van der Waals surface area (Å²) in [5.41, 5.74) is 0.741. The number of hydrogen-bond acceptors (Lipinski definition) is 5. The van der Waals surface area contributed by atoms with E-state index in [1.807, 2.05) is 6.92 Å². The number of para-hydroxylation sites is 1. The quantitative estimate of drug-likeness (QED) is 0.660. The summed E-state index contributed by atoms with van der Waals surface area (Å²) in [7, 11) is 1.51. The lowest BCUT2D eigenvalue weighted by atomic mass is 9.80. The van der Waals surface area contributed by atoms with E-state index in [4.69, 9.17) is 9.47 Å². The average Bonchev–Trinajstić information content (AvgIpc) is 2.41. The second-order valence-corrected chi connectivity index (χ2v) is 4.96. The van der Waals surface area contributed by atoms with Crippen molar-refractivity contribution in [3.05, 3.63) is 33.9 Å². The number of fused-ring (bicyclic) bond motifs is 1. The van der Waals surface area contributed by atoms with Crippen molar-refractivity contribution in [3.63, 3.8) is 0 Å². The van der Waals surface area contributed by atoms with E-state index in [0.717, 1.165) is 12.0 Å². The van der Waals surface area contributed by atoms with Crippen molar-refractivity contribution in [2.75, 3.05) is 13.7 Å². The van der Waals surface area contributed by atoms with Crippen molar-refractivity contribution in [2.45, 2.75) is 32.0 Å². The minimum Gasteiger partial charge on any atom is -0.493 e. The number of methoxy groups -OCH3 is 1. The molecular weight excluding hydrogens is 262 g/mol. The molecule has 0 amide bonds. The second kappa shape index (κ2) is 6.09. The third kappa shape index (κ3) is 2.70. The van der Waals surface area contributed by atoms with Crippen LogP contribution >= 0.6 is 0 Å². The highest BCUT2D eigenvalue weighted by Crippen LogP contribution is 2.45. The van der Waals surface area contributed by atoms with Crippen LogP contribution in [-0.2, 0) is 0 Å². The zero-order chi connectivity index (χ0) is 14.7. The Balaban J connectivity index is 2.45. The van der Waals surface area contributed by atoms with Gasteiger partial charge in [0.15, 0.2) is 11.5 Å². The number of nitrogens with zero attached hydrogens (tertiary/aromatic N) is 1. The molecule has 2 rings (SSSR count). The lowest BCUT2D eigenvalue weighted by Crippen LogP contribution is -2.38. The van der Waals surface area contributed by atoms with Crippen molar-refractivity contribution in [1.29, 1.82) is 0 Å². The number of hydrogen-bond donors (Lipinski definition) is 1. The Hall–Kier alpha value is -1.82. The number of aliphatic hydroxyl groups excluding tert-OH is 1. The summed E-state index contributed by atoms with van der Waals surface area (Å²) >= 11 is 0. The van der Waals surface area contributed by atoms with Gasteiger partial charge >= 0.3 is 0 Å². The molecule has 0 fully saturated rings. The van der Waals surface area contributed by atoms with Crippen LogP contribution < -0.4 is 9.47 Å². The minimum atomic E-state index is -1.04. The number of benzene rings is 1. The summed E-state index contributed by atoms with van der Waals surface area (Å²) in [6, 6.07) is 5.31. The van der Waals surface area contributed by atoms with E-state index >= 15 is 0 Å². The molecule has 1 N–H and O–H groups in total. The van der Waals surface area contributed by atoms with Crippen LogP contribution in [0.5, 0.6) is 11.5 Å². The second-order valence-electron chi connectivity index (χ2n) is 4.96. The third-order valence-electron chi connectivity index (χ3n) is 3.72. The van der Waals surface area contributed by atoms with Gasteiger partial charge in [-0.25, -0.2) is 0 Å². The Kier molecular flexibility index (Phi) is 4.44. The fourth-order valence-electron chi connectivity index (χ4n) is 2.82. The van der Waals surface area contributed by atoms with Crippen LogP contribution in [0.15, 0.2) is 18.2 Å². The molecule has 1 heterocycles. The fourth-order valence-corrected chi connectivity index (χ4v) is 2.82. The van der Waals surface area contributed by atoms with Gasteiger partial charge < -0.3 is 14.6 Å². The smallest absolute Gasteiger partial charge is 0.211 e. The Morgan fingerprint density at radius 1 is 1.50 bits per heavy atom. The van der Waals surface area contributed by atoms with Gasteiger partial charge in [-0.2, -0.15) is 0 Å². The Labute approximate surface area is 117 Å². The molecule has 1 aliphatic heterocycles. The number of rotatable bonds is 5. The molecular formula is C14H19NO5. The summed E-state index contributed by atoms with van der Waals surface area (Å²) < 4.78 is 10.7. The molecule has 1 aromatic rings. The average molecular weight is 281 g/mol. The lowest BCUT2D eigenvalue weighted by molar-refractivity contribution is -0.486. The first kappa shape index (κ1) is 14.6. The monoisotopic (exact) mass is 281 g/mol. The molecule has 0 spiro atoms.